The van der Waals surface area contributed by atoms with Crippen LogP contribution in [0.2, 0.25) is 0 Å². The maximum absolute atomic E-state index is 10.6. The highest BCUT2D eigenvalue weighted by Gasteiger charge is 2.30. The average Bonchev–Trinajstić information content (AvgIpc) is 3.33. The zero-order chi connectivity index (χ0) is 21.2. The van der Waals surface area contributed by atoms with Crippen LogP contribution in [-0.4, -0.2) is 34.1 Å². The second-order valence-corrected chi connectivity index (χ2v) is 8.85. The van der Waals surface area contributed by atoms with Gasteiger partial charge in [0.25, 0.3) is 0 Å². The average molecular weight is 417 g/mol. The van der Waals surface area contributed by atoms with E-state index in [1.54, 1.807) is 0 Å². The van der Waals surface area contributed by atoms with Crippen LogP contribution < -0.4 is 0 Å². The molecule has 0 saturated heterocycles. The fraction of sp³-hybridized carbons (Fsp3) is 0.385. The van der Waals surface area contributed by atoms with Crippen molar-refractivity contribution in [1.29, 1.82) is 0 Å². The standard InChI is InChI=1S/C26H28N2O3/c29-24(30)17-31-16-19-12-10-18(11-13-19)15-28-23-14-21-8-4-5-9-22(21)25(23)26(27-28)20-6-2-1-3-7-20/h1-9,18-19H,10-17H2,(H,29,30)/t18-,19-. The highest BCUT2D eigenvalue weighted by molar-refractivity contribution is 5.87. The molecule has 1 heterocycles. The van der Waals surface area contributed by atoms with Gasteiger partial charge in [0.2, 0.25) is 0 Å². The summed E-state index contributed by atoms with van der Waals surface area (Å²) in [5.41, 5.74) is 7.62. The molecule has 31 heavy (non-hydrogen) atoms. The van der Waals surface area contributed by atoms with Crippen LogP contribution in [0.1, 0.15) is 36.9 Å². The normalized spacial score (nSPS) is 19.7. The molecule has 0 bridgehead atoms. The van der Waals surface area contributed by atoms with Gasteiger partial charge in [-0.05, 0) is 48.6 Å². The van der Waals surface area contributed by atoms with Crippen LogP contribution in [0.5, 0.6) is 0 Å². The Balaban J connectivity index is 1.34. The fourth-order valence-electron chi connectivity index (χ4n) is 5.15. The van der Waals surface area contributed by atoms with E-state index < -0.39 is 5.97 Å². The van der Waals surface area contributed by atoms with Crippen molar-refractivity contribution < 1.29 is 14.6 Å². The van der Waals surface area contributed by atoms with Crippen LogP contribution in [0.4, 0.5) is 0 Å². The van der Waals surface area contributed by atoms with Crippen molar-refractivity contribution in [1.82, 2.24) is 9.78 Å². The number of rotatable bonds is 7. The molecule has 1 N–H and O–H groups in total. The molecule has 5 nitrogen and oxygen atoms in total. The Hall–Kier alpha value is -2.92. The summed E-state index contributed by atoms with van der Waals surface area (Å²) in [5.74, 6) is 0.187. The van der Waals surface area contributed by atoms with E-state index in [9.17, 15) is 4.79 Å². The molecule has 160 valence electrons. The Labute approximate surface area is 182 Å². The van der Waals surface area contributed by atoms with Gasteiger partial charge in [-0.15, -0.1) is 0 Å². The van der Waals surface area contributed by atoms with Crippen molar-refractivity contribution in [3.05, 3.63) is 65.9 Å². The van der Waals surface area contributed by atoms with Crippen LogP contribution in [0.15, 0.2) is 54.6 Å². The summed E-state index contributed by atoms with van der Waals surface area (Å²) < 4.78 is 7.59. The summed E-state index contributed by atoms with van der Waals surface area (Å²) in [7, 11) is 0. The van der Waals surface area contributed by atoms with Crippen LogP contribution in [0, 0.1) is 11.8 Å². The molecule has 0 atom stereocenters. The second-order valence-electron chi connectivity index (χ2n) is 8.85. The summed E-state index contributed by atoms with van der Waals surface area (Å²) in [6.45, 7) is 1.32. The third kappa shape index (κ3) is 4.15. The molecule has 3 aromatic rings. The first kappa shape index (κ1) is 20.0. The van der Waals surface area contributed by atoms with Gasteiger partial charge in [0.1, 0.15) is 12.3 Å². The molecule has 5 heteroatoms. The van der Waals surface area contributed by atoms with Gasteiger partial charge in [0.15, 0.2) is 0 Å². The largest absolute Gasteiger partial charge is 0.480 e. The predicted molar refractivity (Wildman–Crippen MR) is 120 cm³/mol. The number of aliphatic carboxylic acids is 1. The summed E-state index contributed by atoms with van der Waals surface area (Å²) >= 11 is 0. The van der Waals surface area contributed by atoms with E-state index in [-0.39, 0.29) is 6.61 Å². The van der Waals surface area contributed by atoms with Gasteiger partial charge in [-0.1, -0.05) is 54.6 Å². The quantitative estimate of drug-likeness (QED) is 0.459. The van der Waals surface area contributed by atoms with E-state index in [1.807, 2.05) is 6.07 Å². The highest BCUT2D eigenvalue weighted by atomic mass is 16.5. The summed E-state index contributed by atoms with van der Waals surface area (Å²) in [4.78, 5) is 10.6. The van der Waals surface area contributed by atoms with Gasteiger partial charge in [0, 0.05) is 24.1 Å². The van der Waals surface area contributed by atoms with Crippen molar-refractivity contribution in [2.24, 2.45) is 11.8 Å². The number of ether oxygens (including phenoxy) is 1. The summed E-state index contributed by atoms with van der Waals surface area (Å²) in [6.07, 6.45) is 5.43. The number of benzene rings is 2. The highest BCUT2D eigenvalue weighted by Crippen LogP contribution is 2.43. The molecule has 0 aliphatic heterocycles. The Kier molecular flexibility index (Phi) is 5.60. The predicted octanol–water partition coefficient (Wildman–Crippen LogP) is 5.03. The molecule has 2 aliphatic rings. The molecule has 0 amide bonds. The zero-order valence-corrected chi connectivity index (χ0v) is 17.7. The minimum atomic E-state index is -0.892. The van der Waals surface area contributed by atoms with E-state index in [0.717, 1.165) is 44.3 Å². The topological polar surface area (TPSA) is 64.3 Å². The third-order valence-corrected chi connectivity index (χ3v) is 6.73. The van der Waals surface area contributed by atoms with Crippen LogP contribution >= 0.6 is 0 Å². The lowest BCUT2D eigenvalue weighted by molar-refractivity contribution is -0.142. The molecular formula is C26H28N2O3. The number of aromatic nitrogens is 2. The number of nitrogens with zero attached hydrogens (tertiary/aromatic N) is 2. The fourth-order valence-corrected chi connectivity index (χ4v) is 5.15. The first-order chi connectivity index (χ1) is 15.2. The van der Waals surface area contributed by atoms with Gasteiger partial charge >= 0.3 is 5.97 Å². The second kappa shape index (κ2) is 8.67. The molecule has 1 fully saturated rings. The molecule has 0 spiro atoms. The minimum Gasteiger partial charge on any atom is -0.480 e. The first-order valence-electron chi connectivity index (χ1n) is 11.2. The van der Waals surface area contributed by atoms with Crippen LogP contribution in [0.3, 0.4) is 0 Å². The van der Waals surface area contributed by atoms with Crippen molar-refractivity contribution in [3.8, 4) is 22.4 Å². The van der Waals surface area contributed by atoms with Crippen LogP contribution in [0.25, 0.3) is 22.4 Å². The molecule has 1 aromatic heterocycles. The third-order valence-electron chi connectivity index (χ3n) is 6.73. The van der Waals surface area contributed by atoms with E-state index in [0.29, 0.717) is 18.4 Å². The van der Waals surface area contributed by atoms with Crippen molar-refractivity contribution in [2.45, 2.75) is 38.6 Å². The summed E-state index contributed by atoms with van der Waals surface area (Å²) in [6, 6.07) is 19.2. The molecule has 5 rings (SSSR count). The zero-order valence-electron chi connectivity index (χ0n) is 17.7. The molecule has 1 saturated carbocycles. The molecule has 2 aliphatic carbocycles. The lowest BCUT2D eigenvalue weighted by atomic mass is 9.82. The van der Waals surface area contributed by atoms with Gasteiger partial charge in [-0.25, -0.2) is 4.79 Å². The number of hydrogen-bond donors (Lipinski definition) is 1. The van der Waals surface area contributed by atoms with Crippen molar-refractivity contribution >= 4 is 5.97 Å². The lowest BCUT2D eigenvalue weighted by Crippen LogP contribution is -2.23. The number of carbonyl (C=O) groups is 1. The SMILES string of the molecule is O=C(O)COC[C@H]1CC[C@H](Cn2nc(-c3ccccc3)c3c2Cc2ccccc2-3)CC1. The lowest BCUT2D eigenvalue weighted by Gasteiger charge is -2.28. The van der Waals surface area contributed by atoms with E-state index in [2.05, 4.69) is 53.2 Å². The van der Waals surface area contributed by atoms with E-state index >= 15 is 0 Å². The maximum Gasteiger partial charge on any atom is 0.329 e. The Bertz CT molecular complexity index is 1070. The maximum atomic E-state index is 10.6. The molecule has 0 radical (unpaired) electrons. The van der Waals surface area contributed by atoms with E-state index in [1.165, 1.54) is 27.9 Å². The molecule has 0 unspecified atom stereocenters. The minimum absolute atomic E-state index is 0.192. The Morgan fingerprint density at radius 1 is 1.00 bits per heavy atom. The monoisotopic (exact) mass is 416 g/mol. The van der Waals surface area contributed by atoms with E-state index in [4.69, 9.17) is 14.9 Å². The number of carboxylic acids is 1. The smallest absolute Gasteiger partial charge is 0.329 e. The molecular weight excluding hydrogens is 388 g/mol. The molecule has 2 aromatic carbocycles. The number of hydrogen-bond acceptors (Lipinski definition) is 3. The summed E-state index contributed by atoms with van der Waals surface area (Å²) in [5, 5.41) is 13.9. The van der Waals surface area contributed by atoms with Crippen molar-refractivity contribution in [3.63, 3.8) is 0 Å². The van der Waals surface area contributed by atoms with Crippen LogP contribution in [-0.2, 0) is 22.5 Å². The van der Waals surface area contributed by atoms with Crippen molar-refractivity contribution in [2.75, 3.05) is 13.2 Å². The Morgan fingerprint density at radius 2 is 1.71 bits per heavy atom. The number of fused-ring (bicyclic) bond motifs is 3. The van der Waals surface area contributed by atoms with Gasteiger partial charge in [-0.2, -0.15) is 5.10 Å². The first-order valence-corrected chi connectivity index (χ1v) is 11.2. The number of carboxylic acid groups (broad SMARTS) is 1. The Morgan fingerprint density at radius 3 is 2.48 bits per heavy atom. The van der Waals surface area contributed by atoms with Gasteiger partial charge in [-0.3, -0.25) is 4.68 Å². The van der Waals surface area contributed by atoms with Gasteiger partial charge in [0.05, 0.1) is 12.3 Å². The van der Waals surface area contributed by atoms with Gasteiger partial charge < -0.3 is 9.84 Å².